The molecule has 0 saturated carbocycles. The summed E-state index contributed by atoms with van der Waals surface area (Å²) in [5, 5.41) is 5.08. The van der Waals surface area contributed by atoms with Crippen LogP contribution in [-0.4, -0.2) is 62.3 Å². The number of aliphatic imine (C=N–C) groups is 2. The number of amides is 3. The third-order valence-corrected chi connectivity index (χ3v) is 5.38. The highest BCUT2D eigenvalue weighted by Gasteiger charge is 2.43. The standard InChI is InChI=1S/C17H19N5O4S/c1-21-15-14(16(23)22(2)17(21)24)13(8-10-20-15)19-9-7-11-3-5-12(6-4-11)27(18,25)26/h3-6,8,10,14H,7,9H2,1-2H3,(H2,18,25,26). The van der Waals surface area contributed by atoms with E-state index in [-0.39, 0.29) is 10.8 Å². The number of hydrogen-bond donors (Lipinski definition) is 1. The average Bonchev–Trinajstić information content (AvgIpc) is 2.64. The molecule has 3 rings (SSSR count). The molecule has 0 spiro atoms. The monoisotopic (exact) mass is 389 g/mol. The van der Waals surface area contributed by atoms with E-state index in [1.165, 1.54) is 30.3 Å². The Labute approximate surface area is 156 Å². The largest absolute Gasteiger partial charge is 0.331 e. The summed E-state index contributed by atoms with van der Waals surface area (Å²) in [6.07, 6.45) is 3.74. The van der Waals surface area contributed by atoms with Crippen molar-refractivity contribution in [2.24, 2.45) is 21.0 Å². The Hall–Kier alpha value is -2.85. The molecule has 10 heteroatoms. The highest BCUT2D eigenvalue weighted by molar-refractivity contribution is 7.89. The smallest absolute Gasteiger partial charge is 0.288 e. The molecule has 0 bridgehead atoms. The molecule has 1 aromatic rings. The van der Waals surface area contributed by atoms with Crippen molar-refractivity contribution in [2.45, 2.75) is 11.3 Å². The Morgan fingerprint density at radius 1 is 1.15 bits per heavy atom. The van der Waals surface area contributed by atoms with Gasteiger partial charge in [-0.2, -0.15) is 0 Å². The molecule has 2 aliphatic rings. The SMILES string of the molecule is CN1C(=O)C2C(=NCCc3ccc(S(N)(=O)=O)cc3)C=CN=C2N(C)C1=O. The van der Waals surface area contributed by atoms with E-state index in [1.807, 2.05) is 0 Å². The van der Waals surface area contributed by atoms with E-state index >= 15 is 0 Å². The van der Waals surface area contributed by atoms with Gasteiger partial charge in [0, 0.05) is 26.8 Å². The zero-order valence-electron chi connectivity index (χ0n) is 14.9. The maximum absolute atomic E-state index is 12.5. The van der Waals surface area contributed by atoms with Crippen LogP contribution in [0.4, 0.5) is 4.79 Å². The summed E-state index contributed by atoms with van der Waals surface area (Å²) in [6.45, 7) is 0.396. The van der Waals surface area contributed by atoms with Crippen LogP contribution < -0.4 is 5.14 Å². The Balaban J connectivity index is 1.74. The van der Waals surface area contributed by atoms with Crippen LogP contribution in [0.15, 0.2) is 51.4 Å². The molecule has 1 saturated heterocycles. The zero-order chi connectivity index (χ0) is 19.8. The van der Waals surface area contributed by atoms with Gasteiger partial charge < -0.3 is 0 Å². The Morgan fingerprint density at radius 3 is 2.44 bits per heavy atom. The van der Waals surface area contributed by atoms with E-state index in [0.717, 1.165) is 10.5 Å². The van der Waals surface area contributed by atoms with Gasteiger partial charge in [0.2, 0.25) is 15.9 Å². The van der Waals surface area contributed by atoms with Gasteiger partial charge in [-0.3, -0.25) is 19.6 Å². The summed E-state index contributed by atoms with van der Waals surface area (Å²) in [6, 6.07) is 5.82. The molecular formula is C17H19N5O4S. The molecule has 1 unspecified atom stereocenters. The van der Waals surface area contributed by atoms with Crippen LogP contribution in [0.5, 0.6) is 0 Å². The number of primary sulfonamides is 1. The van der Waals surface area contributed by atoms with Crippen molar-refractivity contribution in [1.29, 1.82) is 0 Å². The maximum Gasteiger partial charge on any atom is 0.331 e. The third-order valence-electron chi connectivity index (χ3n) is 4.45. The lowest BCUT2D eigenvalue weighted by atomic mass is 9.95. The topological polar surface area (TPSA) is 125 Å². The van der Waals surface area contributed by atoms with Crippen LogP contribution in [0.3, 0.4) is 0 Å². The van der Waals surface area contributed by atoms with Gasteiger partial charge in [-0.25, -0.2) is 23.3 Å². The quantitative estimate of drug-likeness (QED) is 0.799. The number of sulfonamides is 1. The number of urea groups is 1. The molecule has 1 atom stereocenters. The third kappa shape index (κ3) is 3.67. The van der Waals surface area contributed by atoms with E-state index in [9.17, 15) is 18.0 Å². The van der Waals surface area contributed by atoms with E-state index < -0.39 is 22.0 Å². The van der Waals surface area contributed by atoms with Gasteiger partial charge in [0.1, 0.15) is 11.8 Å². The van der Waals surface area contributed by atoms with Gasteiger partial charge >= 0.3 is 6.03 Å². The first kappa shape index (κ1) is 18.9. The van der Waals surface area contributed by atoms with E-state index in [0.29, 0.717) is 24.5 Å². The number of allylic oxidation sites excluding steroid dienone is 1. The Morgan fingerprint density at radius 2 is 1.81 bits per heavy atom. The van der Waals surface area contributed by atoms with Crippen LogP contribution in [0.25, 0.3) is 0 Å². The zero-order valence-corrected chi connectivity index (χ0v) is 15.7. The molecule has 0 aliphatic carbocycles. The molecule has 27 heavy (non-hydrogen) atoms. The first-order valence-electron chi connectivity index (χ1n) is 8.15. The fourth-order valence-electron chi connectivity index (χ4n) is 2.93. The molecule has 1 fully saturated rings. The van der Waals surface area contributed by atoms with Gasteiger partial charge in [0.15, 0.2) is 0 Å². The lowest BCUT2D eigenvalue weighted by Crippen LogP contribution is -2.59. The number of benzene rings is 1. The number of imide groups is 1. The Kier molecular flexibility index (Phi) is 4.94. The second-order valence-electron chi connectivity index (χ2n) is 6.22. The summed E-state index contributed by atoms with van der Waals surface area (Å²) in [5.41, 5.74) is 1.43. The summed E-state index contributed by atoms with van der Waals surface area (Å²) in [4.78, 5) is 35.7. The van der Waals surface area contributed by atoms with Crippen molar-refractivity contribution < 1.29 is 18.0 Å². The van der Waals surface area contributed by atoms with E-state index in [2.05, 4.69) is 9.98 Å². The van der Waals surface area contributed by atoms with Crippen molar-refractivity contribution in [3.05, 3.63) is 42.1 Å². The molecule has 2 heterocycles. The lowest BCUT2D eigenvalue weighted by molar-refractivity contribution is -0.128. The summed E-state index contributed by atoms with van der Waals surface area (Å²) < 4.78 is 22.6. The minimum absolute atomic E-state index is 0.0529. The van der Waals surface area contributed by atoms with Crippen LogP contribution in [0.2, 0.25) is 0 Å². The van der Waals surface area contributed by atoms with Gasteiger partial charge in [-0.1, -0.05) is 12.1 Å². The Bertz CT molecular complexity index is 979. The first-order valence-corrected chi connectivity index (χ1v) is 9.70. The van der Waals surface area contributed by atoms with Crippen molar-refractivity contribution in [1.82, 2.24) is 9.80 Å². The maximum atomic E-state index is 12.5. The molecule has 2 N–H and O–H groups in total. The second-order valence-corrected chi connectivity index (χ2v) is 7.78. The van der Waals surface area contributed by atoms with Crippen LogP contribution in [0, 0.1) is 5.92 Å². The number of amidine groups is 1. The van der Waals surface area contributed by atoms with Crippen molar-refractivity contribution in [2.75, 3.05) is 20.6 Å². The predicted molar refractivity (Wildman–Crippen MR) is 99.8 cm³/mol. The summed E-state index contributed by atoms with van der Waals surface area (Å²) in [5.74, 6) is -0.702. The fourth-order valence-corrected chi connectivity index (χ4v) is 3.44. The number of rotatable bonds is 4. The molecule has 1 aromatic carbocycles. The number of nitrogens with two attached hydrogens (primary N) is 1. The molecule has 0 aromatic heterocycles. The molecule has 9 nitrogen and oxygen atoms in total. The number of hydrogen-bond acceptors (Lipinski definition) is 6. The number of carbonyl (C=O) groups is 2. The predicted octanol–water partition coefficient (Wildman–Crippen LogP) is 0.383. The highest BCUT2D eigenvalue weighted by atomic mass is 32.2. The van der Waals surface area contributed by atoms with E-state index in [4.69, 9.17) is 5.14 Å². The number of nitrogens with zero attached hydrogens (tertiary/aromatic N) is 4. The summed E-state index contributed by atoms with van der Waals surface area (Å²) in [7, 11) is -0.714. The normalized spacial score (nSPS) is 21.5. The van der Waals surface area contributed by atoms with Gasteiger partial charge in [-0.05, 0) is 30.2 Å². The minimum Gasteiger partial charge on any atom is -0.288 e. The van der Waals surface area contributed by atoms with Crippen molar-refractivity contribution in [3.63, 3.8) is 0 Å². The van der Waals surface area contributed by atoms with Crippen LogP contribution in [-0.2, 0) is 21.2 Å². The average molecular weight is 389 g/mol. The molecular weight excluding hydrogens is 370 g/mol. The molecule has 142 valence electrons. The van der Waals surface area contributed by atoms with Crippen molar-refractivity contribution >= 4 is 33.5 Å². The number of fused-ring (bicyclic) bond motifs is 1. The fraction of sp³-hybridized carbons (Fsp3) is 0.294. The van der Waals surface area contributed by atoms with Gasteiger partial charge in [0.05, 0.1) is 10.6 Å². The number of carbonyl (C=O) groups excluding carboxylic acids is 2. The van der Waals surface area contributed by atoms with Crippen LogP contribution in [0.1, 0.15) is 5.56 Å². The van der Waals surface area contributed by atoms with Gasteiger partial charge in [0.25, 0.3) is 0 Å². The van der Waals surface area contributed by atoms with Crippen molar-refractivity contribution in [3.8, 4) is 0 Å². The van der Waals surface area contributed by atoms with Gasteiger partial charge in [-0.15, -0.1) is 0 Å². The molecule has 2 aliphatic heterocycles. The summed E-state index contributed by atoms with van der Waals surface area (Å²) >= 11 is 0. The highest BCUT2D eigenvalue weighted by Crippen LogP contribution is 2.22. The molecule has 0 radical (unpaired) electrons. The lowest BCUT2D eigenvalue weighted by Gasteiger charge is -2.36. The van der Waals surface area contributed by atoms with Crippen LogP contribution >= 0.6 is 0 Å². The van der Waals surface area contributed by atoms with E-state index in [1.54, 1.807) is 25.3 Å². The minimum atomic E-state index is -3.72. The second kappa shape index (κ2) is 7.05. The first-order chi connectivity index (χ1) is 12.7. The molecule has 3 amide bonds.